The van der Waals surface area contributed by atoms with Crippen LogP contribution in [0.15, 0.2) is 0 Å². The fourth-order valence-electron chi connectivity index (χ4n) is 6.89. The molecule has 1 saturated heterocycles. The lowest BCUT2D eigenvalue weighted by Crippen LogP contribution is -2.41. The van der Waals surface area contributed by atoms with Gasteiger partial charge in [-0.15, -0.1) is 0 Å². The summed E-state index contributed by atoms with van der Waals surface area (Å²) in [5.74, 6) is 4.92. The summed E-state index contributed by atoms with van der Waals surface area (Å²) in [6.45, 7) is 2.56. The zero-order chi connectivity index (χ0) is 13.9. The molecule has 20 heavy (non-hydrogen) atoms. The van der Waals surface area contributed by atoms with Crippen molar-refractivity contribution in [1.82, 2.24) is 4.90 Å². The Hall–Kier alpha value is -0.0800. The number of fused-ring (bicyclic) bond motifs is 5. The van der Waals surface area contributed by atoms with Gasteiger partial charge >= 0.3 is 0 Å². The second-order valence-corrected chi connectivity index (χ2v) is 8.11. The molecule has 1 heterocycles. The van der Waals surface area contributed by atoms with E-state index in [9.17, 15) is 0 Å². The van der Waals surface area contributed by atoms with Crippen LogP contribution in [-0.4, -0.2) is 37.2 Å². The number of ether oxygens (including phenoxy) is 1. The van der Waals surface area contributed by atoms with E-state index >= 15 is 0 Å². The first-order valence-electron chi connectivity index (χ1n) is 8.97. The average Bonchev–Trinajstić information content (AvgIpc) is 2.95. The Morgan fingerprint density at radius 1 is 0.950 bits per heavy atom. The predicted octanol–water partition coefficient (Wildman–Crippen LogP) is 3.56. The zero-order valence-corrected chi connectivity index (χ0v) is 13.4. The van der Waals surface area contributed by atoms with Gasteiger partial charge in [-0.05, 0) is 68.7 Å². The third-order valence-corrected chi connectivity index (χ3v) is 7.61. The van der Waals surface area contributed by atoms with E-state index in [0.717, 1.165) is 41.7 Å². The number of rotatable bonds is 1. The maximum absolute atomic E-state index is 5.73. The van der Waals surface area contributed by atoms with Crippen molar-refractivity contribution in [2.75, 3.05) is 14.2 Å². The average molecular weight is 277 g/mol. The van der Waals surface area contributed by atoms with E-state index in [-0.39, 0.29) is 0 Å². The molecule has 114 valence electrons. The predicted molar refractivity (Wildman–Crippen MR) is 81.6 cm³/mol. The second-order valence-electron chi connectivity index (χ2n) is 8.11. The first-order chi connectivity index (χ1) is 9.72. The lowest BCUT2D eigenvalue weighted by atomic mass is 9.69. The quantitative estimate of drug-likeness (QED) is 0.726. The minimum Gasteiger partial charge on any atom is -0.381 e. The van der Waals surface area contributed by atoms with Gasteiger partial charge in [0.15, 0.2) is 0 Å². The molecular weight excluding hydrogens is 246 g/mol. The Labute approximate surface area is 124 Å². The van der Waals surface area contributed by atoms with Gasteiger partial charge in [0.1, 0.15) is 0 Å². The van der Waals surface area contributed by atoms with E-state index in [1.165, 1.54) is 44.9 Å². The molecule has 8 unspecified atom stereocenters. The Morgan fingerprint density at radius 3 is 2.45 bits per heavy atom. The molecule has 2 heteroatoms. The number of nitrogens with zero attached hydrogens (tertiary/aromatic N) is 1. The minimum atomic E-state index is 0.543. The lowest BCUT2D eigenvalue weighted by Gasteiger charge is -2.40. The first-order valence-corrected chi connectivity index (χ1v) is 8.97. The highest BCUT2D eigenvalue weighted by molar-refractivity contribution is 5.11. The fourth-order valence-corrected chi connectivity index (χ4v) is 6.89. The SMILES string of the molecule is COC1CCC2C(C1)C1C3CCCCC3C(C)C1N2C. The number of methoxy groups -OCH3 is 1. The molecule has 0 amide bonds. The molecule has 4 fully saturated rings. The largest absolute Gasteiger partial charge is 0.381 e. The Kier molecular flexibility index (Phi) is 3.38. The van der Waals surface area contributed by atoms with Gasteiger partial charge in [-0.3, -0.25) is 4.90 Å². The number of hydrogen-bond donors (Lipinski definition) is 0. The first kappa shape index (κ1) is 13.6. The minimum absolute atomic E-state index is 0.543. The van der Waals surface area contributed by atoms with Crippen LogP contribution in [-0.2, 0) is 4.74 Å². The van der Waals surface area contributed by atoms with Crippen LogP contribution in [0.1, 0.15) is 51.9 Å². The molecule has 0 bridgehead atoms. The molecule has 0 spiro atoms. The molecule has 0 radical (unpaired) electrons. The summed E-state index contributed by atoms with van der Waals surface area (Å²) < 4.78 is 5.73. The Morgan fingerprint density at radius 2 is 1.70 bits per heavy atom. The fraction of sp³-hybridized carbons (Fsp3) is 1.00. The molecule has 2 nitrogen and oxygen atoms in total. The van der Waals surface area contributed by atoms with Gasteiger partial charge in [0.25, 0.3) is 0 Å². The maximum Gasteiger partial charge on any atom is 0.0575 e. The van der Waals surface area contributed by atoms with Crippen molar-refractivity contribution in [3.8, 4) is 0 Å². The smallest absolute Gasteiger partial charge is 0.0575 e. The molecule has 8 atom stereocenters. The monoisotopic (exact) mass is 277 g/mol. The van der Waals surface area contributed by atoms with Gasteiger partial charge in [-0.25, -0.2) is 0 Å². The summed E-state index contributed by atoms with van der Waals surface area (Å²) in [4.78, 5) is 2.81. The third-order valence-electron chi connectivity index (χ3n) is 7.61. The van der Waals surface area contributed by atoms with E-state index in [0.29, 0.717) is 6.10 Å². The Bertz CT molecular complexity index is 370. The third kappa shape index (κ3) is 1.76. The topological polar surface area (TPSA) is 12.5 Å². The van der Waals surface area contributed by atoms with E-state index < -0.39 is 0 Å². The van der Waals surface area contributed by atoms with Crippen molar-refractivity contribution < 1.29 is 4.74 Å². The maximum atomic E-state index is 5.73. The van der Waals surface area contributed by atoms with Crippen LogP contribution in [0.2, 0.25) is 0 Å². The molecule has 3 saturated carbocycles. The van der Waals surface area contributed by atoms with Crippen LogP contribution in [0, 0.1) is 29.6 Å². The molecule has 4 rings (SSSR count). The molecule has 3 aliphatic carbocycles. The van der Waals surface area contributed by atoms with E-state index in [1.807, 2.05) is 7.11 Å². The zero-order valence-electron chi connectivity index (χ0n) is 13.4. The van der Waals surface area contributed by atoms with Gasteiger partial charge in [0.05, 0.1) is 6.10 Å². The highest BCUT2D eigenvalue weighted by atomic mass is 16.5. The van der Waals surface area contributed by atoms with Crippen molar-refractivity contribution in [3.63, 3.8) is 0 Å². The van der Waals surface area contributed by atoms with E-state index in [2.05, 4.69) is 18.9 Å². The highest BCUT2D eigenvalue weighted by Crippen LogP contribution is 2.59. The molecule has 4 aliphatic rings. The second kappa shape index (κ2) is 4.98. The van der Waals surface area contributed by atoms with Gasteiger partial charge in [-0.2, -0.15) is 0 Å². The summed E-state index contributed by atoms with van der Waals surface area (Å²) in [6.07, 6.45) is 10.5. The van der Waals surface area contributed by atoms with Gasteiger partial charge in [0.2, 0.25) is 0 Å². The summed E-state index contributed by atoms with van der Waals surface area (Å²) in [7, 11) is 4.35. The van der Waals surface area contributed by atoms with Gasteiger partial charge < -0.3 is 4.74 Å². The van der Waals surface area contributed by atoms with E-state index in [1.54, 1.807) is 0 Å². The number of likely N-dealkylation sites (tertiary alicyclic amines) is 1. The standard InChI is InChI=1S/C18H31NO/c1-11-13-6-4-5-7-14(13)17-15-10-12(20-3)8-9-16(15)19(2)18(11)17/h11-18H,4-10H2,1-3H3. The van der Waals surface area contributed by atoms with Crippen LogP contribution >= 0.6 is 0 Å². The molecule has 0 aromatic rings. The summed E-state index contributed by atoms with van der Waals surface area (Å²) >= 11 is 0. The van der Waals surface area contributed by atoms with E-state index in [4.69, 9.17) is 4.74 Å². The summed E-state index contributed by atoms with van der Waals surface area (Å²) in [5, 5.41) is 0. The lowest BCUT2D eigenvalue weighted by molar-refractivity contribution is 0.0157. The molecule has 0 aromatic carbocycles. The normalized spacial score (nSPS) is 55.4. The summed E-state index contributed by atoms with van der Waals surface area (Å²) in [6, 6.07) is 1.75. The molecule has 0 aromatic heterocycles. The molecule has 1 aliphatic heterocycles. The van der Waals surface area contributed by atoms with Crippen LogP contribution < -0.4 is 0 Å². The summed E-state index contributed by atoms with van der Waals surface area (Å²) in [5.41, 5.74) is 0. The van der Waals surface area contributed by atoms with Crippen LogP contribution in [0.25, 0.3) is 0 Å². The van der Waals surface area contributed by atoms with Crippen molar-refractivity contribution >= 4 is 0 Å². The van der Waals surface area contributed by atoms with Crippen molar-refractivity contribution in [2.45, 2.75) is 70.1 Å². The highest BCUT2D eigenvalue weighted by Gasteiger charge is 2.60. The van der Waals surface area contributed by atoms with Gasteiger partial charge in [-0.1, -0.05) is 19.8 Å². The Balaban J connectivity index is 1.63. The van der Waals surface area contributed by atoms with Crippen molar-refractivity contribution in [2.24, 2.45) is 29.6 Å². The molecule has 0 N–H and O–H groups in total. The van der Waals surface area contributed by atoms with Crippen LogP contribution in [0.4, 0.5) is 0 Å². The van der Waals surface area contributed by atoms with Gasteiger partial charge in [0, 0.05) is 19.2 Å². The van der Waals surface area contributed by atoms with Crippen molar-refractivity contribution in [3.05, 3.63) is 0 Å². The molecular formula is C18H31NO. The van der Waals surface area contributed by atoms with Crippen LogP contribution in [0.5, 0.6) is 0 Å². The number of hydrogen-bond acceptors (Lipinski definition) is 2. The van der Waals surface area contributed by atoms with Crippen LogP contribution in [0.3, 0.4) is 0 Å². The van der Waals surface area contributed by atoms with Crippen molar-refractivity contribution in [1.29, 1.82) is 0 Å².